The average molecular weight is 543 g/mol. The van der Waals surface area contributed by atoms with Crippen molar-refractivity contribution in [2.45, 2.75) is 36.9 Å². The van der Waals surface area contributed by atoms with Gasteiger partial charge in [0, 0.05) is 18.3 Å². The highest BCUT2D eigenvalue weighted by molar-refractivity contribution is 7.89. The van der Waals surface area contributed by atoms with Gasteiger partial charge in [0.25, 0.3) is 0 Å². The third kappa shape index (κ3) is 5.07. The van der Waals surface area contributed by atoms with Gasteiger partial charge in [-0.1, -0.05) is 24.3 Å². The largest absolute Gasteiger partial charge is 0.493 e. The maximum Gasteiger partial charge on any atom is 0.326 e. The number of ether oxygens (including phenoxy) is 2. The smallest absolute Gasteiger partial charge is 0.326 e. The summed E-state index contributed by atoms with van der Waals surface area (Å²) in [6, 6.07) is 13.5. The quantitative estimate of drug-likeness (QED) is 0.464. The van der Waals surface area contributed by atoms with Gasteiger partial charge in [-0.05, 0) is 60.9 Å². The number of sulfonamides is 1. The molecule has 9 nitrogen and oxygen atoms in total. The van der Waals surface area contributed by atoms with Gasteiger partial charge < -0.3 is 14.6 Å². The molecule has 0 aliphatic carbocycles. The van der Waals surface area contributed by atoms with E-state index in [-0.39, 0.29) is 29.3 Å². The number of hydrogen-bond donors (Lipinski definition) is 1. The Morgan fingerprint density at radius 2 is 1.63 bits per heavy atom. The zero-order valence-corrected chi connectivity index (χ0v) is 21.8. The Bertz CT molecular complexity index is 1460. The first-order valence-corrected chi connectivity index (χ1v) is 13.1. The number of carboxylic acid groups (broad SMARTS) is 1. The van der Waals surface area contributed by atoms with E-state index in [1.807, 2.05) is 0 Å². The molecular formula is C27H27FN2O7S. The van der Waals surface area contributed by atoms with Gasteiger partial charge in [0.2, 0.25) is 15.9 Å². The number of anilines is 1. The minimum Gasteiger partial charge on any atom is -0.493 e. The van der Waals surface area contributed by atoms with E-state index >= 15 is 0 Å². The van der Waals surface area contributed by atoms with Crippen LogP contribution < -0.4 is 14.4 Å². The van der Waals surface area contributed by atoms with Crippen molar-refractivity contribution >= 4 is 27.6 Å². The molecule has 1 aliphatic rings. The van der Waals surface area contributed by atoms with Crippen molar-refractivity contribution in [3.8, 4) is 11.5 Å². The minimum absolute atomic E-state index is 0.0194. The molecule has 0 saturated carbocycles. The highest BCUT2D eigenvalue weighted by atomic mass is 32.2. The zero-order valence-electron chi connectivity index (χ0n) is 21.0. The molecule has 2 atom stereocenters. The molecule has 3 aromatic rings. The number of halogens is 1. The van der Waals surface area contributed by atoms with Gasteiger partial charge in [-0.2, -0.15) is 4.31 Å². The van der Waals surface area contributed by atoms with Gasteiger partial charge in [-0.15, -0.1) is 0 Å². The normalized spacial score (nSPS) is 16.3. The molecular weight excluding hydrogens is 515 g/mol. The number of carbonyl (C=O) groups excluding carboxylic acids is 1. The Morgan fingerprint density at radius 3 is 2.24 bits per heavy atom. The van der Waals surface area contributed by atoms with Crippen molar-refractivity contribution in [3.05, 3.63) is 83.7 Å². The summed E-state index contributed by atoms with van der Waals surface area (Å²) >= 11 is 0. The molecule has 0 radical (unpaired) electrons. The molecule has 0 spiro atoms. The number of fused-ring (bicyclic) bond motifs is 1. The van der Waals surface area contributed by atoms with Crippen LogP contribution in [-0.2, 0) is 32.6 Å². The number of aliphatic carboxylic acids is 1. The van der Waals surface area contributed by atoms with Crippen LogP contribution in [0.15, 0.2) is 71.6 Å². The predicted molar refractivity (Wildman–Crippen MR) is 137 cm³/mol. The second kappa shape index (κ2) is 10.8. The van der Waals surface area contributed by atoms with Gasteiger partial charge in [0.05, 0.1) is 19.1 Å². The summed E-state index contributed by atoms with van der Waals surface area (Å²) in [7, 11) is -1.47. The number of nitrogens with zero attached hydrogens (tertiary/aromatic N) is 2. The first-order valence-electron chi connectivity index (χ1n) is 11.7. The summed E-state index contributed by atoms with van der Waals surface area (Å²) in [5, 5.41) is 9.76. The lowest BCUT2D eigenvalue weighted by molar-refractivity contribution is -0.140. The minimum atomic E-state index is -4.28. The Labute approximate surface area is 220 Å². The van der Waals surface area contributed by atoms with Crippen molar-refractivity contribution < 1.29 is 37.0 Å². The van der Waals surface area contributed by atoms with Gasteiger partial charge in [0.1, 0.15) is 17.9 Å². The molecule has 0 bridgehead atoms. The van der Waals surface area contributed by atoms with Crippen LogP contribution in [0.2, 0.25) is 0 Å². The fourth-order valence-electron chi connectivity index (χ4n) is 4.49. The topological polar surface area (TPSA) is 113 Å². The Balaban J connectivity index is 1.84. The van der Waals surface area contributed by atoms with Crippen LogP contribution in [0.3, 0.4) is 0 Å². The van der Waals surface area contributed by atoms with E-state index in [1.54, 1.807) is 24.3 Å². The van der Waals surface area contributed by atoms with Crippen LogP contribution in [0.4, 0.5) is 10.1 Å². The van der Waals surface area contributed by atoms with Crippen LogP contribution in [0.1, 0.15) is 18.1 Å². The van der Waals surface area contributed by atoms with E-state index < -0.39 is 39.8 Å². The predicted octanol–water partition coefficient (Wildman–Crippen LogP) is 3.46. The van der Waals surface area contributed by atoms with E-state index in [9.17, 15) is 27.5 Å². The second-order valence-corrected chi connectivity index (χ2v) is 10.6. The first kappa shape index (κ1) is 27.1. The van der Waals surface area contributed by atoms with Crippen LogP contribution in [0.5, 0.6) is 11.5 Å². The monoisotopic (exact) mass is 542 g/mol. The first-order chi connectivity index (χ1) is 18.1. The van der Waals surface area contributed by atoms with Crippen molar-refractivity contribution in [2.24, 2.45) is 0 Å². The molecule has 1 aliphatic heterocycles. The van der Waals surface area contributed by atoms with E-state index in [4.69, 9.17) is 9.47 Å². The van der Waals surface area contributed by atoms with Crippen LogP contribution in [0.25, 0.3) is 0 Å². The molecule has 0 aromatic heterocycles. The summed E-state index contributed by atoms with van der Waals surface area (Å²) in [5.41, 5.74) is 1.63. The lowest BCUT2D eigenvalue weighted by atomic mass is 9.94. The number of hydrogen-bond acceptors (Lipinski definition) is 6. The van der Waals surface area contributed by atoms with Crippen molar-refractivity contribution in [1.29, 1.82) is 0 Å². The highest BCUT2D eigenvalue weighted by Gasteiger charge is 2.43. The number of methoxy groups -OCH3 is 2. The summed E-state index contributed by atoms with van der Waals surface area (Å²) in [6.45, 7) is 1.20. The molecule has 0 fully saturated rings. The van der Waals surface area contributed by atoms with Crippen molar-refractivity contribution in [3.63, 3.8) is 0 Å². The molecule has 1 heterocycles. The van der Waals surface area contributed by atoms with Crippen molar-refractivity contribution in [2.75, 3.05) is 19.1 Å². The summed E-state index contributed by atoms with van der Waals surface area (Å²) in [6.07, 6.45) is 0.0194. The molecule has 1 amide bonds. The van der Waals surface area contributed by atoms with Crippen LogP contribution >= 0.6 is 0 Å². The van der Waals surface area contributed by atoms with E-state index in [0.717, 1.165) is 32.5 Å². The third-order valence-electron chi connectivity index (χ3n) is 6.54. The number of amides is 1. The summed E-state index contributed by atoms with van der Waals surface area (Å²) in [5.74, 6) is -2.08. The third-order valence-corrected chi connectivity index (χ3v) is 8.39. The lowest BCUT2D eigenvalue weighted by Crippen LogP contribution is -2.56. The number of carboxylic acids is 1. The second-order valence-electron chi connectivity index (χ2n) is 8.75. The highest BCUT2D eigenvalue weighted by Crippen LogP contribution is 2.35. The lowest BCUT2D eigenvalue weighted by Gasteiger charge is -2.38. The Hall–Kier alpha value is -3.96. The molecule has 11 heteroatoms. The molecule has 1 N–H and O–H groups in total. The zero-order chi connectivity index (χ0) is 27.6. The van der Waals surface area contributed by atoms with E-state index in [2.05, 4.69) is 0 Å². The standard InChI is InChI=1S/C27H27FN2O7S/c1-17(27(32)33)30(21-10-8-20(28)9-11-21)26(31)23-14-18-6-4-5-7-19(18)16-29(23)38(34,35)22-12-13-24(36-2)25(15-22)37-3/h4-13,15,17,23H,14,16H2,1-3H3,(H,32,33)/t17?,23-/m0/s1. The fourth-order valence-corrected chi connectivity index (χ4v) is 6.06. The average Bonchev–Trinajstić information content (AvgIpc) is 2.92. The SMILES string of the molecule is COc1ccc(S(=O)(=O)N2Cc3ccccc3C[C@H]2C(=O)N(c2ccc(F)cc2)C(C)C(=O)O)cc1OC. The fraction of sp³-hybridized carbons (Fsp3) is 0.259. The Morgan fingerprint density at radius 1 is 1.00 bits per heavy atom. The molecule has 1 unspecified atom stereocenters. The number of rotatable bonds is 8. The van der Waals surface area contributed by atoms with Gasteiger partial charge in [0.15, 0.2) is 11.5 Å². The molecule has 38 heavy (non-hydrogen) atoms. The Kier molecular flexibility index (Phi) is 7.70. The van der Waals surface area contributed by atoms with Gasteiger partial charge in [-0.25, -0.2) is 17.6 Å². The molecule has 3 aromatic carbocycles. The molecule has 4 rings (SSSR count). The maximum absolute atomic E-state index is 14.1. The van der Waals surface area contributed by atoms with E-state index in [1.165, 1.54) is 51.5 Å². The van der Waals surface area contributed by atoms with Gasteiger partial charge in [-0.3, -0.25) is 9.69 Å². The summed E-state index contributed by atoms with van der Waals surface area (Å²) in [4.78, 5) is 26.9. The molecule has 200 valence electrons. The van der Waals surface area contributed by atoms with Crippen LogP contribution in [-0.4, -0.2) is 56.0 Å². The van der Waals surface area contributed by atoms with Crippen molar-refractivity contribution in [1.82, 2.24) is 4.31 Å². The maximum atomic E-state index is 14.1. The summed E-state index contributed by atoms with van der Waals surface area (Å²) < 4.78 is 53.2. The molecule has 0 saturated heterocycles. The van der Waals surface area contributed by atoms with Crippen LogP contribution in [0, 0.1) is 5.82 Å². The number of carbonyl (C=O) groups is 2. The van der Waals surface area contributed by atoms with E-state index in [0.29, 0.717) is 5.75 Å². The van der Waals surface area contributed by atoms with Gasteiger partial charge >= 0.3 is 5.97 Å². The number of benzene rings is 3.